The molecule has 2 fully saturated rings. The lowest BCUT2D eigenvalue weighted by Gasteiger charge is -2.45. The molecule has 4 rings (SSSR count). The Labute approximate surface area is 160 Å². The van der Waals surface area contributed by atoms with Gasteiger partial charge in [-0.15, -0.1) is 0 Å². The van der Waals surface area contributed by atoms with E-state index in [1.165, 1.54) is 6.42 Å². The number of hydrogen-bond acceptors (Lipinski definition) is 6. The number of rotatable bonds is 2. The molecule has 2 heterocycles. The quantitative estimate of drug-likeness (QED) is 0.838. The van der Waals surface area contributed by atoms with E-state index >= 15 is 0 Å². The van der Waals surface area contributed by atoms with Crippen molar-refractivity contribution in [2.75, 3.05) is 16.3 Å². The van der Waals surface area contributed by atoms with Crippen molar-refractivity contribution in [1.82, 2.24) is 0 Å². The molecule has 0 unspecified atom stereocenters. The Morgan fingerprint density at radius 3 is 2.56 bits per heavy atom. The monoisotopic (exact) mass is 368 g/mol. The minimum Gasteiger partial charge on any atom is -0.369 e. The summed E-state index contributed by atoms with van der Waals surface area (Å²) >= 11 is 0. The molecule has 1 aromatic rings. The summed E-state index contributed by atoms with van der Waals surface area (Å²) in [7, 11) is 0. The van der Waals surface area contributed by atoms with Gasteiger partial charge < -0.3 is 16.4 Å². The molecule has 7 nitrogen and oxygen atoms in total. The maximum Gasteiger partial charge on any atom is 0.226 e. The van der Waals surface area contributed by atoms with Crippen molar-refractivity contribution in [1.29, 1.82) is 0 Å². The predicted octanol–water partition coefficient (Wildman–Crippen LogP) is 2.62. The average Bonchev–Trinajstić information content (AvgIpc) is 2.63. The molecule has 2 aliphatic heterocycles. The average molecular weight is 368 g/mol. The minimum absolute atomic E-state index is 0.206. The second-order valence-electron chi connectivity index (χ2n) is 7.79. The number of piperidine rings is 1. The van der Waals surface area contributed by atoms with Crippen LogP contribution in [0.25, 0.3) is 0 Å². The van der Waals surface area contributed by atoms with Crippen molar-refractivity contribution in [2.24, 2.45) is 21.5 Å². The highest BCUT2D eigenvalue weighted by atomic mass is 16.2. The first-order valence-corrected chi connectivity index (χ1v) is 9.91. The van der Waals surface area contributed by atoms with Crippen LogP contribution in [0.1, 0.15) is 56.9 Å². The SMILES string of the molecule is Cc1cc(N2C(N)=NC(N)=NC23CCCCC3)ccc1N1CCCCC1=O. The lowest BCUT2D eigenvalue weighted by molar-refractivity contribution is -0.119. The highest BCUT2D eigenvalue weighted by Gasteiger charge is 2.42. The van der Waals surface area contributed by atoms with Gasteiger partial charge in [0.1, 0.15) is 5.66 Å². The second-order valence-corrected chi connectivity index (χ2v) is 7.79. The number of amides is 1. The molecule has 1 aliphatic carbocycles. The third kappa shape index (κ3) is 3.15. The smallest absolute Gasteiger partial charge is 0.226 e. The van der Waals surface area contributed by atoms with Gasteiger partial charge in [0, 0.05) is 24.3 Å². The molecule has 1 aromatic carbocycles. The fourth-order valence-corrected chi connectivity index (χ4v) is 4.64. The fourth-order valence-electron chi connectivity index (χ4n) is 4.64. The molecule has 7 heteroatoms. The molecule has 144 valence electrons. The van der Waals surface area contributed by atoms with E-state index in [0.29, 0.717) is 12.4 Å². The zero-order valence-corrected chi connectivity index (χ0v) is 15.9. The number of aliphatic imine (C=N–C) groups is 2. The molecule has 0 aromatic heterocycles. The zero-order valence-electron chi connectivity index (χ0n) is 15.9. The second kappa shape index (κ2) is 6.87. The van der Waals surface area contributed by atoms with Crippen LogP contribution in [0.4, 0.5) is 11.4 Å². The highest BCUT2D eigenvalue weighted by Crippen LogP contribution is 2.40. The van der Waals surface area contributed by atoms with Gasteiger partial charge in [-0.2, -0.15) is 4.99 Å². The fraction of sp³-hybridized carbons (Fsp3) is 0.550. The molecular formula is C20H28N6O. The van der Waals surface area contributed by atoms with Gasteiger partial charge in [0.25, 0.3) is 0 Å². The molecule has 1 saturated carbocycles. The third-order valence-corrected chi connectivity index (χ3v) is 5.90. The number of aryl methyl sites for hydroxylation is 1. The molecule has 1 amide bonds. The summed E-state index contributed by atoms with van der Waals surface area (Å²) in [4.78, 5) is 25.2. The first kappa shape index (κ1) is 17.8. The largest absolute Gasteiger partial charge is 0.369 e. The van der Waals surface area contributed by atoms with E-state index in [1.54, 1.807) is 0 Å². The Balaban J connectivity index is 1.70. The van der Waals surface area contributed by atoms with Gasteiger partial charge >= 0.3 is 0 Å². The lowest BCUT2D eigenvalue weighted by Crippen LogP contribution is -2.58. The summed E-state index contributed by atoms with van der Waals surface area (Å²) in [5.74, 6) is 0.862. The van der Waals surface area contributed by atoms with Gasteiger partial charge in [-0.05, 0) is 69.2 Å². The van der Waals surface area contributed by atoms with Crippen LogP contribution in [-0.4, -0.2) is 30.0 Å². The van der Waals surface area contributed by atoms with E-state index < -0.39 is 5.66 Å². The maximum atomic E-state index is 12.3. The number of guanidine groups is 2. The molecule has 4 N–H and O–H groups in total. The first-order chi connectivity index (χ1) is 13.0. The summed E-state index contributed by atoms with van der Waals surface area (Å²) in [5.41, 5.74) is 14.8. The Morgan fingerprint density at radius 1 is 1.07 bits per heavy atom. The first-order valence-electron chi connectivity index (χ1n) is 9.91. The van der Waals surface area contributed by atoms with Crippen LogP contribution in [0, 0.1) is 6.92 Å². The van der Waals surface area contributed by atoms with Gasteiger partial charge in [0.05, 0.1) is 0 Å². The molecule has 0 radical (unpaired) electrons. The number of hydrogen-bond donors (Lipinski definition) is 2. The van der Waals surface area contributed by atoms with Crippen LogP contribution >= 0.6 is 0 Å². The van der Waals surface area contributed by atoms with Gasteiger partial charge in [0.15, 0.2) is 0 Å². The van der Waals surface area contributed by atoms with Crippen molar-refractivity contribution in [3.05, 3.63) is 23.8 Å². The summed E-state index contributed by atoms with van der Waals surface area (Å²) < 4.78 is 0. The van der Waals surface area contributed by atoms with Gasteiger partial charge in [-0.1, -0.05) is 6.42 Å². The van der Waals surface area contributed by atoms with E-state index in [9.17, 15) is 4.79 Å². The number of carbonyl (C=O) groups excluding carboxylic acids is 1. The van der Waals surface area contributed by atoms with Crippen molar-refractivity contribution in [3.8, 4) is 0 Å². The van der Waals surface area contributed by atoms with E-state index in [4.69, 9.17) is 16.5 Å². The Morgan fingerprint density at radius 2 is 1.85 bits per heavy atom. The summed E-state index contributed by atoms with van der Waals surface area (Å²) in [6.45, 7) is 2.83. The molecule has 0 atom stereocenters. The van der Waals surface area contributed by atoms with E-state index in [2.05, 4.69) is 11.1 Å². The van der Waals surface area contributed by atoms with Crippen LogP contribution in [0.3, 0.4) is 0 Å². The molecule has 3 aliphatic rings. The van der Waals surface area contributed by atoms with Crippen molar-refractivity contribution < 1.29 is 4.79 Å². The molecule has 27 heavy (non-hydrogen) atoms. The number of benzene rings is 1. The number of nitrogens with two attached hydrogens (primary N) is 2. The van der Waals surface area contributed by atoms with E-state index in [-0.39, 0.29) is 11.9 Å². The summed E-state index contributed by atoms with van der Waals surface area (Å²) in [5, 5.41) is 0. The molecule has 1 spiro atoms. The highest BCUT2D eigenvalue weighted by molar-refractivity contribution is 6.06. The Hall–Kier alpha value is -2.57. The molecular weight excluding hydrogens is 340 g/mol. The van der Waals surface area contributed by atoms with Crippen molar-refractivity contribution in [2.45, 2.75) is 64.0 Å². The maximum absolute atomic E-state index is 12.3. The van der Waals surface area contributed by atoms with Crippen molar-refractivity contribution in [3.63, 3.8) is 0 Å². The predicted molar refractivity (Wildman–Crippen MR) is 109 cm³/mol. The number of carbonyl (C=O) groups is 1. The standard InChI is InChI=1S/C20H28N6O/c1-14-13-15(8-9-16(14)25-12-6-3-7-17(25)27)26-19(22)23-18(21)24-20(26)10-4-2-5-11-20/h8-9,13H,2-7,10-12H2,1H3,(H4,21,22,23,24). The van der Waals surface area contributed by atoms with Crippen LogP contribution < -0.4 is 21.3 Å². The third-order valence-electron chi connectivity index (χ3n) is 5.90. The molecule has 1 saturated heterocycles. The van der Waals surface area contributed by atoms with Crippen molar-refractivity contribution >= 4 is 29.2 Å². The van der Waals surface area contributed by atoms with Crippen LogP contribution in [0.2, 0.25) is 0 Å². The normalized spacial score (nSPS) is 22.6. The zero-order chi connectivity index (χ0) is 19.0. The summed E-state index contributed by atoms with van der Waals surface area (Å²) in [6.07, 6.45) is 7.89. The van der Waals surface area contributed by atoms with E-state index in [0.717, 1.165) is 62.0 Å². The lowest BCUT2D eigenvalue weighted by atomic mass is 9.87. The summed E-state index contributed by atoms with van der Waals surface area (Å²) in [6, 6.07) is 6.15. The van der Waals surface area contributed by atoms with Crippen LogP contribution in [0.5, 0.6) is 0 Å². The van der Waals surface area contributed by atoms with Gasteiger partial charge in [0.2, 0.25) is 17.8 Å². The van der Waals surface area contributed by atoms with Gasteiger partial charge in [-0.3, -0.25) is 9.69 Å². The number of nitrogens with zero attached hydrogens (tertiary/aromatic N) is 4. The topological polar surface area (TPSA) is 100 Å². The Bertz CT molecular complexity index is 809. The van der Waals surface area contributed by atoms with Crippen LogP contribution in [-0.2, 0) is 4.79 Å². The molecule has 0 bridgehead atoms. The van der Waals surface area contributed by atoms with Crippen LogP contribution in [0.15, 0.2) is 28.2 Å². The number of anilines is 2. The van der Waals surface area contributed by atoms with Gasteiger partial charge in [-0.25, -0.2) is 4.99 Å². The Kier molecular flexibility index (Phi) is 4.53. The minimum atomic E-state index is -0.441. The van der Waals surface area contributed by atoms with E-state index in [1.807, 2.05) is 28.9 Å².